The van der Waals surface area contributed by atoms with Crippen molar-refractivity contribution in [1.82, 2.24) is 5.32 Å². The van der Waals surface area contributed by atoms with Crippen molar-refractivity contribution in [1.29, 1.82) is 0 Å². The molecule has 21 heavy (non-hydrogen) atoms. The molecule has 2 aromatic rings. The van der Waals surface area contributed by atoms with Crippen LogP contribution in [-0.2, 0) is 6.42 Å². The summed E-state index contributed by atoms with van der Waals surface area (Å²) in [5.74, 6) is -0.662. The Labute approximate surface area is 123 Å². The number of hydrogen-bond donors (Lipinski definition) is 2. The van der Waals surface area contributed by atoms with Gasteiger partial charge < -0.3 is 10.4 Å². The first-order valence-corrected chi connectivity index (χ1v) is 6.90. The van der Waals surface area contributed by atoms with Crippen LogP contribution in [0.2, 0.25) is 0 Å². The zero-order chi connectivity index (χ0) is 15.2. The smallest absolute Gasteiger partial charge is 0.252 e. The van der Waals surface area contributed by atoms with Crippen molar-refractivity contribution in [2.24, 2.45) is 0 Å². The zero-order valence-corrected chi connectivity index (χ0v) is 11.8. The van der Waals surface area contributed by atoms with Crippen LogP contribution in [0.3, 0.4) is 0 Å². The van der Waals surface area contributed by atoms with Crippen molar-refractivity contribution in [2.45, 2.75) is 19.4 Å². The third-order valence-corrected chi connectivity index (χ3v) is 3.38. The molecule has 0 saturated carbocycles. The highest BCUT2D eigenvalue weighted by molar-refractivity contribution is 5.95. The summed E-state index contributed by atoms with van der Waals surface area (Å²) >= 11 is 0. The van der Waals surface area contributed by atoms with E-state index in [0.717, 1.165) is 12.0 Å². The number of aliphatic hydroxyl groups excluding tert-OH is 1. The van der Waals surface area contributed by atoms with Crippen LogP contribution in [0.5, 0.6) is 0 Å². The van der Waals surface area contributed by atoms with Gasteiger partial charge in [-0.15, -0.1) is 0 Å². The van der Waals surface area contributed by atoms with Gasteiger partial charge in [-0.3, -0.25) is 4.79 Å². The van der Waals surface area contributed by atoms with E-state index in [1.165, 1.54) is 12.1 Å². The highest BCUT2D eigenvalue weighted by atomic mass is 19.1. The Balaban J connectivity index is 2.20. The van der Waals surface area contributed by atoms with Crippen molar-refractivity contribution < 1.29 is 14.3 Å². The lowest BCUT2D eigenvalue weighted by molar-refractivity contribution is 0.0915. The number of aliphatic hydroxyl groups is 1. The summed E-state index contributed by atoms with van der Waals surface area (Å²) < 4.78 is 13.2. The quantitative estimate of drug-likeness (QED) is 0.888. The Hall–Kier alpha value is -2.20. The van der Waals surface area contributed by atoms with Crippen molar-refractivity contribution in [2.75, 3.05) is 6.61 Å². The molecule has 0 bridgehead atoms. The van der Waals surface area contributed by atoms with Crippen LogP contribution in [0.15, 0.2) is 48.5 Å². The standard InChI is InChI=1S/C17H18FNO2/c1-2-12-6-3-4-9-15(12)17(21)19-16(11-20)13-7-5-8-14(18)10-13/h3-10,16,20H,2,11H2,1H3,(H,19,21)/t16-/m1/s1. The summed E-state index contributed by atoms with van der Waals surface area (Å²) in [4.78, 5) is 12.3. The SMILES string of the molecule is CCc1ccccc1C(=O)N[C@H](CO)c1cccc(F)c1. The van der Waals surface area contributed by atoms with Gasteiger partial charge in [-0.05, 0) is 35.7 Å². The van der Waals surface area contributed by atoms with Gasteiger partial charge in [-0.1, -0.05) is 37.3 Å². The second-order valence-corrected chi connectivity index (χ2v) is 4.77. The molecule has 110 valence electrons. The number of rotatable bonds is 5. The predicted octanol–water partition coefficient (Wildman–Crippen LogP) is 2.85. The predicted molar refractivity (Wildman–Crippen MR) is 79.5 cm³/mol. The average molecular weight is 287 g/mol. The van der Waals surface area contributed by atoms with E-state index in [-0.39, 0.29) is 12.5 Å². The van der Waals surface area contributed by atoms with Crippen LogP contribution >= 0.6 is 0 Å². The van der Waals surface area contributed by atoms with Crippen LogP contribution in [0.4, 0.5) is 4.39 Å². The van der Waals surface area contributed by atoms with Gasteiger partial charge in [0.15, 0.2) is 0 Å². The number of carbonyl (C=O) groups is 1. The van der Waals surface area contributed by atoms with Gasteiger partial charge in [0.25, 0.3) is 5.91 Å². The van der Waals surface area contributed by atoms with E-state index >= 15 is 0 Å². The monoisotopic (exact) mass is 287 g/mol. The first-order valence-electron chi connectivity index (χ1n) is 6.90. The molecule has 0 radical (unpaired) electrons. The van der Waals surface area contributed by atoms with Crippen LogP contribution in [0, 0.1) is 5.82 Å². The van der Waals surface area contributed by atoms with E-state index in [0.29, 0.717) is 11.1 Å². The number of amides is 1. The Morgan fingerprint density at radius 1 is 1.24 bits per heavy atom. The van der Waals surface area contributed by atoms with Gasteiger partial charge >= 0.3 is 0 Å². The third kappa shape index (κ3) is 3.67. The fourth-order valence-electron chi connectivity index (χ4n) is 2.24. The summed E-state index contributed by atoms with van der Waals surface area (Å²) in [5, 5.41) is 12.2. The van der Waals surface area contributed by atoms with Gasteiger partial charge in [-0.2, -0.15) is 0 Å². The fourth-order valence-corrected chi connectivity index (χ4v) is 2.24. The zero-order valence-electron chi connectivity index (χ0n) is 11.8. The van der Waals surface area contributed by atoms with Crippen LogP contribution in [-0.4, -0.2) is 17.6 Å². The molecule has 0 aliphatic heterocycles. The van der Waals surface area contributed by atoms with Crippen molar-refractivity contribution in [3.8, 4) is 0 Å². The van der Waals surface area contributed by atoms with Crippen molar-refractivity contribution in [3.05, 3.63) is 71.0 Å². The van der Waals surface area contributed by atoms with Gasteiger partial charge in [-0.25, -0.2) is 4.39 Å². The number of hydrogen-bond acceptors (Lipinski definition) is 2. The van der Waals surface area contributed by atoms with E-state index in [9.17, 15) is 14.3 Å². The minimum atomic E-state index is -0.627. The molecular formula is C17H18FNO2. The lowest BCUT2D eigenvalue weighted by Gasteiger charge is -2.18. The number of carbonyl (C=O) groups excluding carboxylic acids is 1. The Kier molecular flexibility index (Phi) is 5.06. The van der Waals surface area contributed by atoms with Crippen LogP contribution < -0.4 is 5.32 Å². The molecule has 0 fully saturated rings. The molecule has 0 spiro atoms. The summed E-state index contributed by atoms with van der Waals surface area (Å²) in [6.45, 7) is 1.69. The maximum absolute atomic E-state index is 13.2. The molecule has 0 aliphatic carbocycles. The van der Waals surface area contributed by atoms with E-state index in [1.54, 1.807) is 24.3 Å². The minimum absolute atomic E-state index is 0.268. The fraction of sp³-hybridized carbons (Fsp3) is 0.235. The normalized spacial score (nSPS) is 12.0. The molecule has 2 rings (SSSR count). The van der Waals surface area contributed by atoms with E-state index < -0.39 is 11.9 Å². The van der Waals surface area contributed by atoms with E-state index in [4.69, 9.17) is 0 Å². The summed E-state index contributed by atoms with van der Waals surface area (Å²) in [5.41, 5.74) is 2.06. The topological polar surface area (TPSA) is 49.3 Å². The maximum Gasteiger partial charge on any atom is 0.252 e. The molecule has 1 amide bonds. The van der Waals surface area contributed by atoms with Crippen molar-refractivity contribution >= 4 is 5.91 Å². The molecule has 0 heterocycles. The summed E-state index contributed by atoms with van der Waals surface area (Å²) in [6, 6.07) is 12.6. The average Bonchev–Trinajstić information content (AvgIpc) is 2.52. The molecule has 3 nitrogen and oxygen atoms in total. The Morgan fingerprint density at radius 3 is 2.67 bits per heavy atom. The first kappa shape index (κ1) is 15.2. The highest BCUT2D eigenvalue weighted by Gasteiger charge is 2.17. The Bertz CT molecular complexity index is 628. The number of aryl methyl sites for hydroxylation is 1. The highest BCUT2D eigenvalue weighted by Crippen LogP contribution is 2.16. The molecule has 0 saturated heterocycles. The van der Waals surface area contributed by atoms with Gasteiger partial charge in [0.2, 0.25) is 0 Å². The minimum Gasteiger partial charge on any atom is -0.394 e. The molecule has 2 N–H and O–H groups in total. The molecule has 0 unspecified atom stereocenters. The first-order chi connectivity index (χ1) is 10.2. The van der Waals surface area contributed by atoms with Crippen LogP contribution in [0.25, 0.3) is 0 Å². The largest absolute Gasteiger partial charge is 0.394 e. The van der Waals surface area contributed by atoms with Gasteiger partial charge in [0.1, 0.15) is 5.82 Å². The van der Waals surface area contributed by atoms with E-state index in [1.807, 2.05) is 19.1 Å². The molecule has 1 atom stereocenters. The van der Waals surface area contributed by atoms with Gasteiger partial charge in [0.05, 0.1) is 12.6 Å². The van der Waals surface area contributed by atoms with E-state index in [2.05, 4.69) is 5.32 Å². The number of benzene rings is 2. The van der Waals surface area contributed by atoms with Crippen molar-refractivity contribution in [3.63, 3.8) is 0 Å². The lowest BCUT2D eigenvalue weighted by atomic mass is 10.0. The maximum atomic E-state index is 13.2. The summed E-state index contributed by atoms with van der Waals surface area (Å²) in [6.07, 6.45) is 0.743. The third-order valence-electron chi connectivity index (χ3n) is 3.38. The second-order valence-electron chi connectivity index (χ2n) is 4.77. The van der Waals surface area contributed by atoms with Gasteiger partial charge in [0, 0.05) is 5.56 Å². The molecular weight excluding hydrogens is 269 g/mol. The van der Waals surface area contributed by atoms with Crippen LogP contribution in [0.1, 0.15) is 34.5 Å². The summed E-state index contributed by atoms with van der Waals surface area (Å²) in [7, 11) is 0. The number of nitrogens with one attached hydrogen (secondary N) is 1. The second kappa shape index (κ2) is 6.99. The molecule has 2 aromatic carbocycles. The lowest BCUT2D eigenvalue weighted by Crippen LogP contribution is -2.31. The molecule has 0 aliphatic rings. The Morgan fingerprint density at radius 2 is 2.00 bits per heavy atom. The molecule has 0 aromatic heterocycles. The number of halogens is 1. The molecule has 4 heteroatoms.